The molecule has 88 valence electrons. The van der Waals surface area contributed by atoms with Gasteiger partial charge in [0.2, 0.25) is 0 Å². The molecule has 0 aromatic heterocycles. The van der Waals surface area contributed by atoms with E-state index in [0.29, 0.717) is 6.42 Å². The molecule has 16 heavy (non-hydrogen) atoms. The third-order valence-corrected chi connectivity index (χ3v) is 2.66. The van der Waals surface area contributed by atoms with Crippen molar-refractivity contribution in [2.24, 2.45) is 0 Å². The Bertz CT molecular complexity index is 347. The van der Waals surface area contributed by atoms with Crippen molar-refractivity contribution >= 4 is 5.97 Å². The first-order chi connectivity index (χ1) is 7.65. The van der Waals surface area contributed by atoms with Gasteiger partial charge in [0.25, 0.3) is 0 Å². The predicted molar refractivity (Wildman–Crippen MR) is 62.1 cm³/mol. The van der Waals surface area contributed by atoms with Gasteiger partial charge < -0.3 is 9.84 Å². The zero-order valence-corrected chi connectivity index (χ0v) is 9.77. The molecule has 1 unspecified atom stereocenters. The Morgan fingerprint density at radius 1 is 1.44 bits per heavy atom. The number of esters is 1. The second-order valence-electron chi connectivity index (χ2n) is 3.86. The molecule has 0 bridgehead atoms. The van der Waals surface area contributed by atoms with Crippen molar-refractivity contribution in [1.82, 2.24) is 0 Å². The number of carbonyl (C=O) groups is 1. The monoisotopic (exact) mass is 222 g/mol. The third kappa shape index (κ3) is 3.66. The first kappa shape index (κ1) is 12.7. The van der Waals surface area contributed by atoms with Crippen molar-refractivity contribution < 1.29 is 14.6 Å². The minimum atomic E-state index is -0.992. The number of methoxy groups -OCH3 is 1. The molecule has 0 saturated heterocycles. The van der Waals surface area contributed by atoms with Crippen LogP contribution in [0, 0.1) is 6.92 Å². The van der Waals surface area contributed by atoms with Crippen LogP contribution in [-0.4, -0.2) is 24.3 Å². The smallest absolute Gasteiger partial charge is 0.334 e. The van der Waals surface area contributed by atoms with Gasteiger partial charge in [0.15, 0.2) is 6.10 Å². The number of hydrogen-bond acceptors (Lipinski definition) is 3. The maximum Gasteiger partial charge on any atom is 0.334 e. The van der Waals surface area contributed by atoms with Crippen LogP contribution in [-0.2, 0) is 16.0 Å². The van der Waals surface area contributed by atoms with Crippen LogP contribution in [0.15, 0.2) is 24.3 Å². The first-order valence-electron chi connectivity index (χ1n) is 5.45. The normalized spacial score (nSPS) is 12.2. The maximum absolute atomic E-state index is 10.9. The van der Waals surface area contributed by atoms with Gasteiger partial charge in [-0.15, -0.1) is 0 Å². The molecular formula is C13H18O3. The highest BCUT2D eigenvalue weighted by atomic mass is 16.5. The zero-order valence-electron chi connectivity index (χ0n) is 9.77. The van der Waals surface area contributed by atoms with Crippen molar-refractivity contribution in [1.29, 1.82) is 0 Å². The van der Waals surface area contributed by atoms with E-state index in [4.69, 9.17) is 0 Å². The summed E-state index contributed by atoms with van der Waals surface area (Å²) in [6, 6.07) is 8.13. The van der Waals surface area contributed by atoms with Crippen LogP contribution >= 0.6 is 0 Å². The molecule has 0 fully saturated rings. The number of benzene rings is 1. The highest BCUT2D eigenvalue weighted by molar-refractivity contribution is 5.74. The van der Waals surface area contributed by atoms with Gasteiger partial charge in [-0.3, -0.25) is 0 Å². The highest BCUT2D eigenvalue weighted by Gasteiger charge is 2.14. The minimum absolute atomic E-state index is 0.445. The van der Waals surface area contributed by atoms with Crippen molar-refractivity contribution in [2.75, 3.05) is 7.11 Å². The molecule has 0 aliphatic carbocycles. The molecule has 1 rings (SSSR count). The Kier molecular flexibility index (Phi) is 4.99. The molecule has 0 radical (unpaired) electrons. The van der Waals surface area contributed by atoms with Gasteiger partial charge in [-0.25, -0.2) is 4.79 Å². The number of aliphatic hydroxyl groups is 1. The van der Waals surface area contributed by atoms with Crippen LogP contribution in [0.25, 0.3) is 0 Å². The van der Waals surface area contributed by atoms with Gasteiger partial charge in [0.1, 0.15) is 0 Å². The molecule has 0 heterocycles. The second-order valence-corrected chi connectivity index (χ2v) is 3.86. The fourth-order valence-electron chi connectivity index (χ4n) is 1.63. The van der Waals surface area contributed by atoms with E-state index >= 15 is 0 Å². The standard InChI is InChI=1S/C13H18O3/c1-10-6-3-4-7-11(10)8-5-9-12(14)13(15)16-2/h3-4,6-7,12,14H,5,8-9H2,1-2H3. The summed E-state index contributed by atoms with van der Waals surface area (Å²) in [5.74, 6) is -0.551. The average Bonchev–Trinajstić information content (AvgIpc) is 2.30. The molecule has 3 heteroatoms. The molecule has 0 spiro atoms. The quantitative estimate of drug-likeness (QED) is 0.773. The van der Waals surface area contributed by atoms with E-state index in [1.165, 1.54) is 18.2 Å². The Morgan fingerprint density at radius 3 is 2.75 bits per heavy atom. The summed E-state index contributed by atoms with van der Waals surface area (Å²) in [4.78, 5) is 10.9. The molecule has 0 amide bonds. The van der Waals surface area contributed by atoms with Crippen molar-refractivity contribution in [2.45, 2.75) is 32.3 Å². The van der Waals surface area contributed by atoms with E-state index in [-0.39, 0.29) is 0 Å². The topological polar surface area (TPSA) is 46.5 Å². The second kappa shape index (κ2) is 6.28. The number of rotatable bonds is 5. The molecule has 1 aromatic carbocycles. The SMILES string of the molecule is COC(=O)C(O)CCCc1ccccc1C. The van der Waals surface area contributed by atoms with E-state index in [9.17, 15) is 9.90 Å². The number of aryl methyl sites for hydroxylation is 2. The zero-order chi connectivity index (χ0) is 12.0. The minimum Gasteiger partial charge on any atom is -0.467 e. The van der Waals surface area contributed by atoms with Crippen molar-refractivity contribution in [3.63, 3.8) is 0 Å². The summed E-state index contributed by atoms with van der Waals surface area (Å²) < 4.78 is 4.45. The van der Waals surface area contributed by atoms with Gasteiger partial charge in [0.05, 0.1) is 7.11 Å². The fourth-order valence-corrected chi connectivity index (χ4v) is 1.63. The molecule has 1 atom stereocenters. The summed E-state index contributed by atoms with van der Waals surface area (Å²) in [6.07, 6.45) is 1.11. The van der Waals surface area contributed by atoms with Crippen LogP contribution in [0.2, 0.25) is 0 Å². The Hall–Kier alpha value is -1.35. The van der Waals surface area contributed by atoms with Gasteiger partial charge in [-0.2, -0.15) is 0 Å². The molecule has 0 aliphatic heterocycles. The summed E-state index contributed by atoms with van der Waals surface area (Å²) in [7, 11) is 1.28. The number of hydrogen-bond donors (Lipinski definition) is 1. The first-order valence-corrected chi connectivity index (χ1v) is 5.45. The molecule has 0 aliphatic rings. The van der Waals surface area contributed by atoms with Gasteiger partial charge in [-0.1, -0.05) is 24.3 Å². The molecule has 0 saturated carbocycles. The van der Waals surface area contributed by atoms with Crippen LogP contribution < -0.4 is 0 Å². The summed E-state index contributed by atoms with van der Waals surface area (Å²) in [6.45, 7) is 2.06. The van der Waals surface area contributed by atoms with E-state index in [2.05, 4.69) is 23.8 Å². The van der Waals surface area contributed by atoms with E-state index in [1.54, 1.807) is 0 Å². The van der Waals surface area contributed by atoms with E-state index < -0.39 is 12.1 Å². The molecular weight excluding hydrogens is 204 g/mol. The molecule has 3 nitrogen and oxygen atoms in total. The lowest BCUT2D eigenvalue weighted by Gasteiger charge is -2.09. The van der Waals surface area contributed by atoms with E-state index in [1.807, 2.05) is 12.1 Å². The predicted octanol–water partition coefficient (Wildman–Crippen LogP) is 1.85. The lowest BCUT2D eigenvalue weighted by Crippen LogP contribution is -2.21. The van der Waals surface area contributed by atoms with Gasteiger partial charge in [0, 0.05) is 0 Å². The molecule has 1 aromatic rings. The Balaban J connectivity index is 2.36. The van der Waals surface area contributed by atoms with E-state index in [0.717, 1.165) is 12.8 Å². The Morgan fingerprint density at radius 2 is 2.12 bits per heavy atom. The van der Waals surface area contributed by atoms with Crippen LogP contribution in [0.1, 0.15) is 24.0 Å². The molecule has 1 N–H and O–H groups in total. The fraction of sp³-hybridized carbons (Fsp3) is 0.462. The summed E-state index contributed by atoms with van der Waals surface area (Å²) >= 11 is 0. The highest BCUT2D eigenvalue weighted by Crippen LogP contribution is 2.11. The lowest BCUT2D eigenvalue weighted by atomic mass is 10.0. The number of carbonyl (C=O) groups excluding carboxylic acids is 1. The third-order valence-electron chi connectivity index (χ3n) is 2.66. The van der Waals surface area contributed by atoms with Crippen LogP contribution in [0.4, 0.5) is 0 Å². The summed E-state index contributed by atoms with van der Waals surface area (Å²) in [5, 5.41) is 9.39. The van der Waals surface area contributed by atoms with Gasteiger partial charge >= 0.3 is 5.97 Å². The maximum atomic E-state index is 10.9. The average molecular weight is 222 g/mol. The van der Waals surface area contributed by atoms with Crippen LogP contribution in [0.3, 0.4) is 0 Å². The number of ether oxygens (including phenoxy) is 1. The van der Waals surface area contributed by atoms with Crippen molar-refractivity contribution in [3.8, 4) is 0 Å². The van der Waals surface area contributed by atoms with Gasteiger partial charge in [-0.05, 0) is 37.3 Å². The number of aliphatic hydroxyl groups excluding tert-OH is 1. The lowest BCUT2D eigenvalue weighted by molar-refractivity contribution is -0.150. The van der Waals surface area contributed by atoms with Crippen molar-refractivity contribution in [3.05, 3.63) is 35.4 Å². The Labute approximate surface area is 96.1 Å². The summed E-state index contributed by atoms with van der Waals surface area (Å²) in [5.41, 5.74) is 2.51. The largest absolute Gasteiger partial charge is 0.467 e. The van der Waals surface area contributed by atoms with Crippen LogP contribution in [0.5, 0.6) is 0 Å².